The molecule has 0 radical (unpaired) electrons. The standard InChI is InChI=1S/C2HBr2Cl2F/c3-1(4)2(5,6)7/h1H. The van der Waals surface area contributed by atoms with Gasteiger partial charge in [0, 0.05) is 0 Å². The molecule has 0 nitrogen and oxygen atoms in total. The van der Waals surface area contributed by atoms with E-state index in [0.29, 0.717) is 0 Å². The van der Waals surface area contributed by atoms with Gasteiger partial charge in [0.1, 0.15) is 3.74 Å². The summed E-state index contributed by atoms with van der Waals surface area (Å²) in [6.07, 6.45) is 0. The van der Waals surface area contributed by atoms with Crippen molar-refractivity contribution in [3.05, 3.63) is 0 Å². The van der Waals surface area contributed by atoms with Gasteiger partial charge in [-0.2, -0.15) is 0 Å². The Kier molecular flexibility index (Phi) is 3.45. The maximum absolute atomic E-state index is 11.9. The second kappa shape index (κ2) is 2.85. The van der Waals surface area contributed by atoms with E-state index in [1.54, 1.807) is 0 Å². The molecule has 0 unspecified atom stereocenters. The Balaban J connectivity index is 3.54. The first-order valence-corrected chi connectivity index (χ1v) is 3.88. The molecule has 0 aliphatic carbocycles. The van der Waals surface area contributed by atoms with Crippen LogP contribution in [0.25, 0.3) is 0 Å². The summed E-state index contributed by atoms with van der Waals surface area (Å²) in [5.41, 5.74) is 0. The van der Waals surface area contributed by atoms with Crippen LogP contribution in [0.4, 0.5) is 4.39 Å². The third-order valence-electron chi connectivity index (χ3n) is 0.247. The van der Waals surface area contributed by atoms with Crippen molar-refractivity contribution in [2.24, 2.45) is 0 Å². The molecule has 0 spiro atoms. The van der Waals surface area contributed by atoms with E-state index in [9.17, 15) is 4.39 Å². The molecule has 5 heteroatoms. The zero-order valence-corrected chi connectivity index (χ0v) is 7.65. The highest BCUT2D eigenvalue weighted by Gasteiger charge is 2.29. The molecule has 0 fully saturated rings. The Morgan fingerprint density at radius 1 is 1.43 bits per heavy atom. The molecular weight excluding hydrogens is 274 g/mol. The van der Waals surface area contributed by atoms with E-state index in [-0.39, 0.29) is 0 Å². The fraction of sp³-hybridized carbons (Fsp3) is 1.00. The predicted octanol–water partition coefficient (Wildman–Crippen LogP) is 3.20. The van der Waals surface area contributed by atoms with Crippen molar-refractivity contribution in [2.75, 3.05) is 0 Å². The van der Waals surface area contributed by atoms with E-state index in [1.165, 1.54) is 0 Å². The summed E-state index contributed by atoms with van der Waals surface area (Å²) in [6, 6.07) is 0. The van der Waals surface area contributed by atoms with Crippen molar-refractivity contribution >= 4 is 55.1 Å². The van der Waals surface area contributed by atoms with Gasteiger partial charge >= 0.3 is 0 Å². The van der Waals surface area contributed by atoms with Gasteiger partial charge in [0.15, 0.2) is 0 Å². The Morgan fingerprint density at radius 3 is 1.57 bits per heavy atom. The quantitative estimate of drug-likeness (QED) is 0.644. The zero-order chi connectivity index (χ0) is 6.08. The van der Waals surface area contributed by atoms with Crippen LogP contribution in [-0.2, 0) is 0 Å². The second-order valence-corrected chi connectivity index (χ2v) is 5.20. The molecule has 7 heavy (non-hydrogen) atoms. The van der Waals surface area contributed by atoms with Crippen molar-refractivity contribution in [3.63, 3.8) is 0 Å². The van der Waals surface area contributed by atoms with Crippen molar-refractivity contribution < 1.29 is 4.39 Å². The number of halogens is 5. The molecule has 0 aliphatic heterocycles. The smallest absolute Gasteiger partial charge is 0.206 e. The predicted molar refractivity (Wildman–Crippen MR) is 37.2 cm³/mol. The minimum atomic E-state index is -2.22. The molecule has 0 aromatic rings. The van der Waals surface area contributed by atoms with Crippen molar-refractivity contribution in [1.29, 1.82) is 0 Å². The zero-order valence-electron chi connectivity index (χ0n) is 2.97. The van der Waals surface area contributed by atoms with Crippen LogP contribution in [-0.4, -0.2) is 8.32 Å². The topological polar surface area (TPSA) is 0 Å². The number of hydrogen-bond donors (Lipinski definition) is 0. The molecule has 0 amide bonds. The van der Waals surface area contributed by atoms with Crippen LogP contribution in [0.5, 0.6) is 0 Å². The van der Waals surface area contributed by atoms with Gasteiger partial charge in [-0.05, 0) is 0 Å². The molecule has 0 bridgehead atoms. The summed E-state index contributed by atoms with van der Waals surface area (Å²) in [4.78, 5) is 0. The lowest BCUT2D eigenvalue weighted by atomic mass is 10.9. The highest BCUT2D eigenvalue weighted by Crippen LogP contribution is 2.35. The third-order valence-corrected chi connectivity index (χ3v) is 3.00. The first-order valence-electron chi connectivity index (χ1n) is 1.29. The van der Waals surface area contributed by atoms with Crippen LogP contribution < -0.4 is 0 Å². The van der Waals surface area contributed by atoms with Crippen LogP contribution in [0.1, 0.15) is 0 Å². The summed E-state index contributed by atoms with van der Waals surface area (Å²) in [7, 11) is 0. The molecule has 0 aromatic heterocycles. The van der Waals surface area contributed by atoms with Crippen LogP contribution in [0.2, 0.25) is 0 Å². The first kappa shape index (κ1) is 8.47. The molecule has 0 N–H and O–H groups in total. The van der Waals surface area contributed by atoms with E-state index in [0.717, 1.165) is 0 Å². The Labute approximate surface area is 67.6 Å². The third kappa shape index (κ3) is 4.01. The van der Waals surface area contributed by atoms with E-state index in [4.69, 9.17) is 23.2 Å². The summed E-state index contributed by atoms with van der Waals surface area (Å²) in [6.45, 7) is 0. The molecular formula is C2HBr2Cl2F. The summed E-state index contributed by atoms with van der Waals surface area (Å²) >= 11 is 15.3. The normalized spacial score (nSPS) is 12.9. The molecule has 0 rings (SSSR count). The molecule has 0 heterocycles. The maximum Gasteiger partial charge on any atom is 0.279 e. The lowest BCUT2D eigenvalue weighted by Crippen LogP contribution is -2.12. The summed E-state index contributed by atoms with van der Waals surface area (Å²) < 4.78 is 9.01. The molecule has 0 saturated heterocycles. The average Bonchev–Trinajstić information content (AvgIpc) is 1.31. The van der Waals surface area contributed by atoms with Gasteiger partial charge in [-0.15, -0.1) is 0 Å². The van der Waals surface area contributed by atoms with E-state index in [2.05, 4.69) is 31.9 Å². The van der Waals surface area contributed by atoms with E-state index < -0.39 is 8.32 Å². The summed E-state index contributed by atoms with van der Waals surface area (Å²) in [5.74, 6) is 0. The first-order chi connectivity index (χ1) is 2.94. The number of rotatable bonds is 1. The van der Waals surface area contributed by atoms with Crippen LogP contribution in [0.3, 0.4) is 0 Å². The highest BCUT2D eigenvalue weighted by molar-refractivity contribution is 9.24. The Hall–Kier alpha value is 1.47. The van der Waals surface area contributed by atoms with Gasteiger partial charge in [0.05, 0.1) is 0 Å². The SMILES string of the molecule is FC(Cl)(Cl)C(Br)Br. The monoisotopic (exact) mass is 272 g/mol. The van der Waals surface area contributed by atoms with E-state index in [1.807, 2.05) is 0 Å². The number of hydrogen-bond acceptors (Lipinski definition) is 0. The molecule has 0 saturated carbocycles. The van der Waals surface area contributed by atoms with Gasteiger partial charge in [-0.3, -0.25) is 0 Å². The van der Waals surface area contributed by atoms with Crippen LogP contribution in [0.15, 0.2) is 0 Å². The molecule has 0 atom stereocenters. The largest absolute Gasteiger partial charge is 0.279 e. The Morgan fingerprint density at radius 2 is 1.57 bits per heavy atom. The van der Waals surface area contributed by atoms with E-state index >= 15 is 0 Å². The van der Waals surface area contributed by atoms with Crippen molar-refractivity contribution in [2.45, 2.75) is 8.32 Å². The highest BCUT2D eigenvalue weighted by atomic mass is 79.9. The fourth-order valence-corrected chi connectivity index (χ4v) is 0. The summed E-state index contributed by atoms with van der Waals surface area (Å²) in [5, 5.41) is 0. The van der Waals surface area contributed by atoms with Crippen molar-refractivity contribution in [1.82, 2.24) is 0 Å². The second-order valence-electron chi connectivity index (χ2n) is 0.842. The minimum absolute atomic E-state index is 0.712. The van der Waals surface area contributed by atoms with Gasteiger partial charge in [0.25, 0.3) is 4.59 Å². The van der Waals surface area contributed by atoms with Gasteiger partial charge in [-0.1, -0.05) is 55.1 Å². The fourth-order valence-electron chi connectivity index (χ4n) is 0. The molecule has 0 aliphatic rings. The number of alkyl halides is 5. The van der Waals surface area contributed by atoms with Gasteiger partial charge in [0.2, 0.25) is 0 Å². The van der Waals surface area contributed by atoms with Gasteiger partial charge < -0.3 is 0 Å². The van der Waals surface area contributed by atoms with Crippen LogP contribution >= 0.6 is 55.1 Å². The molecule has 0 aromatic carbocycles. The van der Waals surface area contributed by atoms with Gasteiger partial charge in [-0.25, -0.2) is 4.39 Å². The Bertz CT molecular complexity index is 59.2. The van der Waals surface area contributed by atoms with Crippen LogP contribution in [0, 0.1) is 0 Å². The maximum atomic E-state index is 11.9. The minimum Gasteiger partial charge on any atom is -0.206 e. The van der Waals surface area contributed by atoms with Crippen molar-refractivity contribution in [3.8, 4) is 0 Å². The average molecular weight is 275 g/mol. The molecule has 44 valence electrons. The lowest BCUT2D eigenvalue weighted by molar-refractivity contribution is 0.423. The lowest BCUT2D eigenvalue weighted by Gasteiger charge is -2.07.